The van der Waals surface area contributed by atoms with E-state index in [9.17, 15) is 4.39 Å². The van der Waals surface area contributed by atoms with E-state index in [1.807, 2.05) is 23.7 Å². The second-order valence-electron chi connectivity index (χ2n) is 9.47. The van der Waals surface area contributed by atoms with Crippen molar-refractivity contribution in [1.29, 1.82) is 0 Å². The molecule has 1 aromatic carbocycles. The molecule has 0 fully saturated rings. The van der Waals surface area contributed by atoms with Crippen molar-refractivity contribution >= 4 is 24.0 Å². The number of halogens is 1. The van der Waals surface area contributed by atoms with E-state index >= 15 is 0 Å². The lowest BCUT2D eigenvalue weighted by molar-refractivity contribution is 0.460. The molecule has 0 spiro atoms. The predicted molar refractivity (Wildman–Crippen MR) is 149 cm³/mol. The first-order valence-corrected chi connectivity index (χ1v) is 13.3. The Kier molecular flexibility index (Phi) is 11.0. The fraction of sp³-hybridized carbons (Fsp3) is 0.448. The monoisotopic (exact) mass is 481 g/mol. The Morgan fingerprint density at radius 2 is 1.82 bits per heavy atom. The molecule has 0 aliphatic carbocycles. The third-order valence-electron chi connectivity index (χ3n) is 5.89. The van der Waals surface area contributed by atoms with Crippen molar-refractivity contribution in [2.75, 3.05) is 17.6 Å². The molecule has 0 N–H and O–H groups in total. The van der Waals surface area contributed by atoms with Crippen LogP contribution >= 0.6 is 11.9 Å². The first-order chi connectivity index (χ1) is 16.2. The lowest BCUT2D eigenvalue weighted by Gasteiger charge is -2.20. The van der Waals surface area contributed by atoms with E-state index in [-0.39, 0.29) is 11.7 Å². The number of benzene rings is 1. The maximum absolute atomic E-state index is 13.6. The summed E-state index contributed by atoms with van der Waals surface area (Å²) in [5, 5.41) is 0. The third kappa shape index (κ3) is 8.12. The molecule has 0 amide bonds. The van der Waals surface area contributed by atoms with E-state index in [2.05, 4.69) is 53.0 Å². The summed E-state index contributed by atoms with van der Waals surface area (Å²) in [5.41, 5.74) is 5.03. The number of anilines is 1. The zero-order valence-electron chi connectivity index (χ0n) is 21.6. The highest BCUT2D eigenvalue weighted by atomic mass is 32.2. The maximum Gasteiger partial charge on any atom is 0.236 e. The second kappa shape index (κ2) is 13.5. The van der Waals surface area contributed by atoms with Crippen LogP contribution in [0.4, 0.5) is 10.3 Å². The zero-order chi connectivity index (χ0) is 25.3. The number of aromatic nitrogens is 2. The Morgan fingerprint density at radius 1 is 1.15 bits per heavy atom. The smallest absolute Gasteiger partial charge is 0.236 e. The van der Waals surface area contributed by atoms with Crippen LogP contribution in [0.15, 0.2) is 55.1 Å². The Hall–Kier alpha value is -2.40. The number of hydrogen-bond acceptors (Lipinski definition) is 4. The first-order valence-electron chi connectivity index (χ1n) is 12.1. The summed E-state index contributed by atoms with van der Waals surface area (Å²) in [5.74, 6) is 1.59. The third-order valence-corrected chi connectivity index (χ3v) is 6.60. The molecular weight excluding hydrogens is 441 g/mol. The molecule has 0 aliphatic heterocycles. The maximum atomic E-state index is 13.6. The summed E-state index contributed by atoms with van der Waals surface area (Å²) in [7, 11) is 1.96. The van der Waals surface area contributed by atoms with Gasteiger partial charge >= 0.3 is 0 Å². The highest BCUT2D eigenvalue weighted by Gasteiger charge is 2.19. The van der Waals surface area contributed by atoms with E-state index < -0.39 is 0 Å². The molecule has 5 heteroatoms. The van der Waals surface area contributed by atoms with Crippen LogP contribution in [0.5, 0.6) is 0 Å². The molecule has 2 aromatic rings. The Balaban J connectivity index is 2.38. The lowest BCUT2D eigenvalue weighted by atomic mass is 9.89. The van der Waals surface area contributed by atoms with Crippen LogP contribution in [0.2, 0.25) is 0 Å². The molecule has 0 bridgehead atoms. The van der Waals surface area contributed by atoms with Crippen molar-refractivity contribution in [3.05, 3.63) is 72.2 Å². The van der Waals surface area contributed by atoms with Crippen LogP contribution in [0.3, 0.4) is 0 Å². The molecule has 1 heterocycles. The van der Waals surface area contributed by atoms with Gasteiger partial charge in [-0.2, -0.15) is 0 Å². The van der Waals surface area contributed by atoms with Gasteiger partial charge in [0, 0.05) is 24.4 Å². The minimum absolute atomic E-state index is 0.221. The number of hydrogen-bond donors (Lipinski definition) is 0. The van der Waals surface area contributed by atoms with Crippen LogP contribution in [-0.4, -0.2) is 23.3 Å². The average molecular weight is 482 g/mol. The van der Waals surface area contributed by atoms with Crippen molar-refractivity contribution in [3.63, 3.8) is 0 Å². The largest absolute Gasteiger partial charge is 0.288 e. The molecule has 2 unspecified atom stereocenters. The van der Waals surface area contributed by atoms with Crippen molar-refractivity contribution in [3.8, 4) is 11.3 Å². The number of rotatable bonds is 13. The summed E-state index contributed by atoms with van der Waals surface area (Å²) in [6.07, 6.45) is 12.5. The molecule has 0 saturated heterocycles. The summed E-state index contributed by atoms with van der Waals surface area (Å²) in [6.45, 7) is 16.9. The molecule has 0 radical (unpaired) electrons. The Labute approximate surface area is 210 Å². The van der Waals surface area contributed by atoms with Gasteiger partial charge in [-0.25, -0.2) is 14.4 Å². The zero-order valence-corrected chi connectivity index (χ0v) is 22.5. The average Bonchev–Trinajstić information content (AvgIpc) is 2.80. The summed E-state index contributed by atoms with van der Waals surface area (Å²) < 4.78 is 15.6. The fourth-order valence-corrected chi connectivity index (χ4v) is 4.33. The van der Waals surface area contributed by atoms with Gasteiger partial charge in [0.15, 0.2) is 0 Å². The van der Waals surface area contributed by atoms with E-state index in [4.69, 9.17) is 9.97 Å². The van der Waals surface area contributed by atoms with E-state index in [1.54, 1.807) is 24.1 Å². The van der Waals surface area contributed by atoms with Gasteiger partial charge in [0.25, 0.3) is 0 Å². The van der Waals surface area contributed by atoms with Crippen LogP contribution in [0.25, 0.3) is 17.3 Å². The van der Waals surface area contributed by atoms with Gasteiger partial charge in [-0.1, -0.05) is 70.0 Å². The summed E-state index contributed by atoms with van der Waals surface area (Å²) in [6, 6.07) is 6.56. The Bertz CT molecular complexity index is 982. The summed E-state index contributed by atoms with van der Waals surface area (Å²) in [4.78, 5) is 9.80. The van der Waals surface area contributed by atoms with Crippen LogP contribution in [0, 0.1) is 17.7 Å². The molecule has 184 valence electrons. The van der Waals surface area contributed by atoms with Crippen molar-refractivity contribution in [1.82, 2.24) is 9.97 Å². The molecule has 0 aliphatic rings. The van der Waals surface area contributed by atoms with Gasteiger partial charge in [-0.15, -0.1) is 6.58 Å². The standard InChI is InChI=1S/C29H40FN3S/c1-9-10-11-21(4)18-23(6)19-22(5)12-17-26-27(20(2)3)31-29(33(7)34-8)32-28(26)24-13-15-25(30)16-14-24/h9,12-17,20,22-23H,1,4,10-11,18-19H2,2-3,5-8H3/b17-12+. The van der Waals surface area contributed by atoms with E-state index in [0.29, 0.717) is 17.8 Å². The first kappa shape index (κ1) is 27.8. The van der Waals surface area contributed by atoms with Crippen LogP contribution in [-0.2, 0) is 0 Å². The van der Waals surface area contributed by atoms with E-state index in [0.717, 1.165) is 48.2 Å². The normalized spacial score (nSPS) is 13.3. The van der Waals surface area contributed by atoms with Gasteiger partial charge in [-0.3, -0.25) is 4.31 Å². The quantitative estimate of drug-likeness (QED) is 0.211. The lowest BCUT2D eigenvalue weighted by Crippen LogP contribution is -2.13. The minimum atomic E-state index is -0.252. The molecule has 0 saturated carbocycles. The predicted octanol–water partition coefficient (Wildman–Crippen LogP) is 8.71. The molecule has 2 rings (SSSR count). The van der Waals surface area contributed by atoms with Crippen LogP contribution < -0.4 is 4.31 Å². The van der Waals surface area contributed by atoms with Gasteiger partial charge in [0.2, 0.25) is 5.95 Å². The van der Waals surface area contributed by atoms with Gasteiger partial charge in [0.1, 0.15) is 5.82 Å². The highest BCUT2D eigenvalue weighted by Crippen LogP contribution is 2.32. The number of allylic oxidation sites excluding steroid dienone is 3. The van der Waals surface area contributed by atoms with Crippen molar-refractivity contribution in [2.24, 2.45) is 11.8 Å². The minimum Gasteiger partial charge on any atom is -0.288 e. The van der Waals surface area contributed by atoms with Crippen molar-refractivity contribution in [2.45, 2.75) is 59.3 Å². The topological polar surface area (TPSA) is 29.0 Å². The fourth-order valence-electron chi connectivity index (χ4n) is 4.09. The Morgan fingerprint density at radius 3 is 2.41 bits per heavy atom. The van der Waals surface area contributed by atoms with Gasteiger partial charge < -0.3 is 0 Å². The molecule has 1 aromatic heterocycles. The van der Waals surface area contributed by atoms with Gasteiger partial charge in [-0.05, 0) is 67.7 Å². The van der Waals surface area contributed by atoms with Crippen LogP contribution in [0.1, 0.15) is 70.6 Å². The molecule has 3 nitrogen and oxygen atoms in total. The molecular formula is C29H40FN3S. The summed E-state index contributed by atoms with van der Waals surface area (Å²) >= 11 is 1.56. The second-order valence-corrected chi connectivity index (χ2v) is 10.4. The molecule has 34 heavy (non-hydrogen) atoms. The van der Waals surface area contributed by atoms with Gasteiger partial charge in [0.05, 0.1) is 11.4 Å². The van der Waals surface area contributed by atoms with E-state index in [1.165, 1.54) is 17.7 Å². The number of nitrogens with zero attached hydrogens (tertiary/aromatic N) is 3. The SMILES string of the molecule is C=CCCC(=C)CC(C)CC(C)/C=C/c1c(-c2ccc(F)cc2)nc(N(C)SC)nc1C(C)C. The highest BCUT2D eigenvalue weighted by molar-refractivity contribution is 7.99. The van der Waals surface area contributed by atoms with Crippen molar-refractivity contribution < 1.29 is 4.39 Å². The molecule has 2 atom stereocenters.